The predicted molar refractivity (Wildman–Crippen MR) is 85.0 cm³/mol. The Morgan fingerprint density at radius 2 is 2.05 bits per heavy atom. The summed E-state index contributed by atoms with van der Waals surface area (Å²) in [5.41, 5.74) is 0. The summed E-state index contributed by atoms with van der Waals surface area (Å²) in [4.78, 5) is 24.9. The summed E-state index contributed by atoms with van der Waals surface area (Å²) < 4.78 is 1.83. The second kappa shape index (κ2) is 6.36. The van der Waals surface area contributed by atoms with Crippen LogP contribution in [0.15, 0.2) is 37.1 Å². The lowest BCUT2D eigenvalue weighted by Crippen LogP contribution is -2.50. The average molecular weight is 320 g/mol. The van der Waals surface area contributed by atoms with Crippen LogP contribution in [0.4, 0.5) is 5.82 Å². The minimum atomic E-state index is -0.220. The largest absolute Gasteiger partial charge is 0.353 e. The van der Waals surface area contributed by atoms with Crippen LogP contribution in [0.5, 0.6) is 0 Å². The number of pyridine rings is 1. The van der Waals surface area contributed by atoms with E-state index in [1.54, 1.807) is 18.7 Å². The first-order valence-electron chi connectivity index (χ1n) is 7.28. The molecule has 0 aliphatic carbocycles. The number of rotatable bonds is 3. The molecule has 2 aromatic heterocycles. The molecule has 3 rings (SSSR count). The van der Waals surface area contributed by atoms with Gasteiger partial charge in [-0.25, -0.2) is 9.97 Å². The number of hydrogen-bond acceptors (Lipinski definition) is 4. The summed E-state index contributed by atoms with van der Waals surface area (Å²) >= 11 is 5.86. The molecule has 0 aromatic carbocycles. The van der Waals surface area contributed by atoms with Gasteiger partial charge >= 0.3 is 0 Å². The lowest BCUT2D eigenvalue weighted by molar-refractivity contribution is -0.134. The third-order valence-electron chi connectivity index (χ3n) is 3.96. The molecule has 0 unspecified atom stereocenters. The maximum atomic E-state index is 12.5. The standard InChI is InChI=1S/C15H18ClN5O/c1-12(21-5-4-17-11-21)15(22)20-8-6-19(7-9-20)14-3-2-13(16)10-18-14/h2-5,10-12H,6-9H2,1H3/t12-/m0/s1. The van der Waals surface area contributed by atoms with Gasteiger partial charge in [0.25, 0.3) is 0 Å². The Balaban J connectivity index is 1.59. The topological polar surface area (TPSA) is 54.3 Å². The molecule has 22 heavy (non-hydrogen) atoms. The molecule has 116 valence electrons. The quantitative estimate of drug-likeness (QED) is 0.866. The van der Waals surface area contributed by atoms with E-state index in [-0.39, 0.29) is 11.9 Å². The minimum absolute atomic E-state index is 0.127. The SMILES string of the molecule is C[C@@H](C(=O)N1CCN(c2ccc(Cl)cn2)CC1)n1ccnc1. The van der Waals surface area contributed by atoms with Gasteiger partial charge in [0, 0.05) is 44.8 Å². The van der Waals surface area contributed by atoms with Crippen LogP contribution in [0.3, 0.4) is 0 Å². The summed E-state index contributed by atoms with van der Waals surface area (Å²) in [5, 5.41) is 0.631. The normalized spacial score (nSPS) is 16.6. The van der Waals surface area contributed by atoms with Crippen molar-refractivity contribution in [1.82, 2.24) is 19.4 Å². The fourth-order valence-corrected chi connectivity index (χ4v) is 2.71. The highest BCUT2D eigenvalue weighted by molar-refractivity contribution is 6.30. The van der Waals surface area contributed by atoms with E-state index in [0.29, 0.717) is 18.1 Å². The predicted octanol–water partition coefficient (Wildman–Crippen LogP) is 1.84. The van der Waals surface area contributed by atoms with Crippen molar-refractivity contribution >= 4 is 23.3 Å². The van der Waals surface area contributed by atoms with Gasteiger partial charge in [-0.15, -0.1) is 0 Å². The number of piperazine rings is 1. The van der Waals surface area contributed by atoms with Crippen molar-refractivity contribution in [3.8, 4) is 0 Å². The number of aromatic nitrogens is 3. The molecule has 6 nitrogen and oxygen atoms in total. The van der Waals surface area contributed by atoms with Gasteiger partial charge in [-0.1, -0.05) is 11.6 Å². The lowest BCUT2D eigenvalue weighted by Gasteiger charge is -2.36. The molecule has 0 saturated carbocycles. The monoisotopic (exact) mass is 319 g/mol. The van der Waals surface area contributed by atoms with E-state index in [4.69, 9.17) is 11.6 Å². The molecular weight excluding hydrogens is 302 g/mol. The zero-order valence-corrected chi connectivity index (χ0v) is 13.1. The molecule has 1 aliphatic heterocycles. The van der Waals surface area contributed by atoms with Crippen LogP contribution < -0.4 is 4.90 Å². The van der Waals surface area contributed by atoms with Crippen LogP contribution in [-0.2, 0) is 4.79 Å². The Morgan fingerprint density at radius 3 is 2.64 bits per heavy atom. The molecular formula is C15H18ClN5O. The summed E-state index contributed by atoms with van der Waals surface area (Å²) in [7, 11) is 0. The van der Waals surface area contributed by atoms with Crippen LogP contribution in [0.1, 0.15) is 13.0 Å². The maximum absolute atomic E-state index is 12.5. The Kier molecular flexibility index (Phi) is 4.29. The van der Waals surface area contributed by atoms with Gasteiger partial charge in [0.05, 0.1) is 11.3 Å². The van der Waals surface area contributed by atoms with Gasteiger partial charge in [-0.05, 0) is 19.1 Å². The number of anilines is 1. The first-order valence-corrected chi connectivity index (χ1v) is 7.65. The van der Waals surface area contributed by atoms with Crippen molar-refractivity contribution < 1.29 is 4.79 Å². The van der Waals surface area contributed by atoms with Crippen molar-refractivity contribution in [3.63, 3.8) is 0 Å². The second-order valence-electron chi connectivity index (χ2n) is 5.33. The molecule has 0 spiro atoms. The van der Waals surface area contributed by atoms with Crippen molar-refractivity contribution in [2.24, 2.45) is 0 Å². The maximum Gasteiger partial charge on any atom is 0.245 e. The van der Waals surface area contributed by atoms with Crippen LogP contribution in [0, 0.1) is 0 Å². The number of hydrogen-bond donors (Lipinski definition) is 0. The highest BCUT2D eigenvalue weighted by Crippen LogP contribution is 2.18. The number of carbonyl (C=O) groups is 1. The van der Waals surface area contributed by atoms with Gasteiger partial charge in [-0.3, -0.25) is 4.79 Å². The smallest absolute Gasteiger partial charge is 0.245 e. The van der Waals surface area contributed by atoms with Crippen molar-refractivity contribution in [1.29, 1.82) is 0 Å². The molecule has 1 atom stereocenters. The van der Waals surface area contributed by atoms with Crippen molar-refractivity contribution in [2.75, 3.05) is 31.1 Å². The lowest BCUT2D eigenvalue weighted by atomic mass is 10.2. The van der Waals surface area contributed by atoms with E-state index >= 15 is 0 Å². The highest BCUT2D eigenvalue weighted by atomic mass is 35.5. The minimum Gasteiger partial charge on any atom is -0.353 e. The zero-order chi connectivity index (χ0) is 15.5. The molecule has 0 bridgehead atoms. The van der Waals surface area contributed by atoms with Gasteiger partial charge in [0.15, 0.2) is 0 Å². The van der Waals surface area contributed by atoms with Crippen LogP contribution in [-0.4, -0.2) is 51.5 Å². The van der Waals surface area contributed by atoms with Gasteiger partial charge < -0.3 is 14.4 Å². The first-order chi connectivity index (χ1) is 10.6. The Morgan fingerprint density at radius 1 is 1.27 bits per heavy atom. The number of halogens is 1. The summed E-state index contributed by atoms with van der Waals surface area (Å²) in [5.74, 6) is 1.03. The first kappa shape index (κ1) is 14.8. The number of imidazole rings is 1. The van der Waals surface area contributed by atoms with Crippen LogP contribution in [0.2, 0.25) is 5.02 Å². The van der Waals surface area contributed by atoms with E-state index in [1.807, 2.05) is 34.7 Å². The van der Waals surface area contributed by atoms with E-state index < -0.39 is 0 Å². The van der Waals surface area contributed by atoms with Crippen LogP contribution >= 0.6 is 11.6 Å². The molecule has 1 amide bonds. The fourth-order valence-electron chi connectivity index (χ4n) is 2.60. The number of carbonyl (C=O) groups excluding carboxylic acids is 1. The van der Waals surface area contributed by atoms with E-state index in [0.717, 1.165) is 18.9 Å². The van der Waals surface area contributed by atoms with E-state index in [2.05, 4.69) is 14.9 Å². The Hall–Kier alpha value is -2.08. The molecule has 1 aliphatic rings. The summed E-state index contributed by atoms with van der Waals surface area (Å²) in [6.45, 7) is 4.84. The van der Waals surface area contributed by atoms with Gasteiger partial charge in [0.2, 0.25) is 5.91 Å². The molecule has 2 aromatic rings. The molecule has 0 N–H and O–H groups in total. The van der Waals surface area contributed by atoms with E-state index in [1.165, 1.54) is 0 Å². The van der Waals surface area contributed by atoms with Gasteiger partial charge in [0.1, 0.15) is 11.9 Å². The number of nitrogens with zero attached hydrogens (tertiary/aromatic N) is 5. The summed E-state index contributed by atoms with van der Waals surface area (Å²) in [6, 6.07) is 3.53. The van der Waals surface area contributed by atoms with Crippen molar-refractivity contribution in [3.05, 3.63) is 42.1 Å². The molecule has 3 heterocycles. The molecule has 1 fully saturated rings. The molecule has 7 heteroatoms. The Labute approximate surface area is 134 Å². The zero-order valence-electron chi connectivity index (χ0n) is 12.4. The van der Waals surface area contributed by atoms with Crippen LogP contribution in [0.25, 0.3) is 0 Å². The molecule has 0 radical (unpaired) electrons. The van der Waals surface area contributed by atoms with E-state index in [9.17, 15) is 4.79 Å². The average Bonchev–Trinajstić information content (AvgIpc) is 3.09. The van der Waals surface area contributed by atoms with Gasteiger partial charge in [-0.2, -0.15) is 0 Å². The third-order valence-corrected chi connectivity index (χ3v) is 4.18. The summed E-state index contributed by atoms with van der Waals surface area (Å²) in [6.07, 6.45) is 6.83. The molecule has 1 saturated heterocycles. The Bertz CT molecular complexity index is 620. The fraction of sp³-hybridized carbons (Fsp3) is 0.400. The number of amides is 1. The third kappa shape index (κ3) is 3.06. The highest BCUT2D eigenvalue weighted by Gasteiger charge is 2.26. The second-order valence-corrected chi connectivity index (χ2v) is 5.77. The van der Waals surface area contributed by atoms with Crippen molar-refractivity contribution in [2.45, 2.75) is 13.0 Å².